The van der Waals surface area contributed by atoms with Crippen molar-refractivity contribution in [3.63, 3.8) is 0 Å². The minimum atomic E-state index is -1.02. The maximum atomic E-state index is 13.4. The summed E-state index contributed by atoms with van der Waals surface area (Å²) in [5.41, 5.74) is 2.38. The fraction of sp³-hybridized carbons (Fsp3) is 0.385. The highest BCUT2D eigenvalue weighted by Crippen LogP contribution is 2.30. The van der Waals surface area contributed by atoms with Crippen molar-refractivity contribution < 1.29 is 9.90 Å². The van der Waals surface area contributed by atoms with E-state index in [0.29, 0.717) is 23.2 Å². The largest absolute Gasteiger partial charge is 0.478 e. The lowest BCUT2D eigenvalue weighted by Crippen LogP contribution is -2.48. The van der Waals surface area contributed by atoms with Crippen LogP contribution >= 0.6 is 0 Å². The Morgan fingerprint density at radius 3 is 2.60 bits per heavy atom. The monoisotopic (exact) mass is 472 g/mol. The van der Waals surface area contributed by atoms with Gasteiger partial charge in [-0.25, -0.2) is 9.78 Å². The lowest BCUT2D eigenvalue weighted by Gasteiger charge is -2.35. The summed E-state index contributed by atoms with van der Waals surface area (Å²) in [5.74, 6) is -0.591. The van der Waals surface area contributed by atoms with Crippen molar-refractivity contribution in [2.24, 2.45) is 0 Å². The molecule has 1 atom stereocenters. The molecule has 1 aromatic carbocycles. The molecule has 1 saturated heterocycles. The molecule has 3 heterocycles. The number of hydrogen-bond donors (Lipinski definition) is 2. The number of nitrogens with one attached hydrogen (secondary N) is 1. The molecule has 1 aliphatic carbocycles. The first kappa shape index (κ1) is 22.9. The number of carbonyl (C=O) groups is 1. The molecule has 0 spiro atoms. The van der Waals surface area contributed by atoms with Gasteiger partial charge in [-0.2, -0.15) is 5.26 Å². The van der Waals surface area contributed by atoms with Crippen LogP contribution in [0.5, 0.6) is 0 Å². The van der Waals surface area contributed by atoms with Crippen LogP contribution in [-0.2, 0) is 0 Å². The number of nitrogens with zero attached hydrogens (tertiary/aromatic N) is 5. The summed E-state index contributed by atoms with van der Waals surface area (Å²) in [6, 6.07) is 11.1. The molecule has 9 heteroatoms. The number of para-hydroxylation sites is 1. The number of aryl methyl sites for hydroxylation is 1. The second-order valence-corrected chi connectivity index (χ2v) is 9.36. The van der Waals surface area contributed by atoms with E-state index in [1.54, 1.807) is 30.5 Å². The maximum Gasteiger partial charge on any atom is 0.337 e. The van der Waals surface area contributed by atoms with E-state index in [9.17, 15) is 20.0 Å². The molecule has 5 rings (SSSR count). The number of aromatic nitrogens is 2. The van der Waals surface area contributed by atoms with Gasteiger partial charge in [0.2, 0.25) is 0 Å². The zero-order chi connectivity index (χ0) is 24.7. The standard InChI is InChI=1S/C26H28N6O3/c1-16-13-20(17(2)28-22-6-4-3-5-19(22)26(34)35)24-29-23(21(14-27)25(33)32(24)15-16)31-11-9-30(10-12-31)18-7-8-18/h3-6,13,15,17-18,28H,7-12H2,1-2H3,(H,34,35)/t17-/m1/s1. The number of aromatic carboxylic acids is 1. The number of anilines is 2. The molecule has 1 aliphatic heterocycles. The van der Waals surface area contributed by atoms with Crippen LogP contribution in [0, 0.1) is 18.3 Å². The number of carboxylic acid groups (broad SMARTS) is 1. The Morgan fingerprint density at radius 2 is 1.94 bits per heavy atom. The van der Waals surface area contributed by atoms with Crippen molar-refractivity contribution in [3.8, 4) is 6.07 Å². The van der Waals surface area contributed by atoms with Gasteiger partial charge in [0.25, 0.3) is 5.56 Å². The Labute approximate surface area is 203 Å². The summed E-state index contributed by atoms with van der Waals surface area (Å²) in [4.78, 5) is 34.5. The van der Waals surface area contributed by atoms with Crippen LogP contribution in [0.4, 0.5) is 11.5 Å². The molecular formula is C26H28N6O3. The first-order valence-electron chi connectivity index (χ1n) is 11.9. The van der Waals surface area contributed by atoms with E-state index >= 15 is 0 Å². The average molecular weight is 473 g/mol. The van der Waals surface area contributed by atoms with E-state index in [1.807, 2.05) is 24.8 Å². The highest BCUT2D eigenvalue weighted by molar-refractivity contribution is 5.94. The zero-order valence-corrected chi connectivity index (χ0v) is 19.9. The summed E-state index contributed by atoms with van der Waals surface area (Å²) in [6.45, 7) is 7.00. The molecule has 0 amide bonds. The van der Waals surface area contributed by atoms with E-state index in [0.717, 1.165) is 37.3 Å². The van der Waals surface area contributed by atoms with E-state index in [1.165, 1.54) is 17.2 Å². The van der Waals surface area contributed by atoms with Gasteiger partial charge in [-0.1, -0.05) is 12.1 Å². The van der Waals surface area contributed by atoms with Gasteiger partial charge in [-0.05, 0) is 50.5 Å². The third-order valence-corrected chi connectivity index (χ3v) is 6.86. The Hall–Kier alpha value is -3.90. The number of rotatable bonds is 6. The van der Waals surface area contributed by atoms with Crippen LogP contribution < -0.4 is 15.8 Å². The van der Waals surface area contributed by atoms with E-state index < -0.39 is 5.97 Å². The van der Waals surface area contributed by atoms with Gasteiger partial charge in [-0.3, -0.25) is 14.1 Å². The van der Waals surface area contributed by atoms with Crippen molar-refractivity contribution >= 4 is 23.1 Å². The number of nitriles is 1. The van der Waals surface area contributed by atoms with Crippen molar-refractivity contribution in [3.05, 3.63) is 69.1 Å². The fourth-order valence-electron chi connectivity index (χ4n) is 4.89. The third-order valence-electron chi connectivity index (χ3n) is 6.86. The Kier molecular flexibility index (Phi) is 5.91. The van der Waals surface area contributed by atoms with Crippen molar-refractivity contribution in [2.75, 3.05) is 36.4 Å². The highest BCUT2D eigenvalue weighted by atomic mass is 16.4. The van der Waals surface area contributed by atoms with Crippen LogP contribution in [0.3, 0.4) is 0 Å². The predicted octanol–water partition coefficient (Wildman–Crippen LogP) is 3.03. The molecule has 0 unspecified atom stereocenters. The highest BCUT2D eigenvalue weighted by Gasteiger charge is 2.32. The number of carboxylic acids is 1. The van der Waals surface area contributed by atoms with Crippen molar-refractivity contribution in [2.45, 2.75) is 38.8 Å². The maximum absolute atomic E-state index is 13.4. The van der Waals surface area contributed by atoms with Gasteiger partial charge in [0.15, 0.2) is 11.4 Å². The minimum absolute atomic E-state index is 0.0516. The third kappa shape index (κ3) is 4.33. The Bertz CT molecular complexity index is 1400. The summed E-state index contributed by atoms with van der Waals surface area (Å²) < 4.78 is 1.44. The summed E-state index contributed by atoms with van der Waals surface area (Å²) in [7, 11) is 0. The molecule has 2 aromatic heterocycles. The molecule has 0 radical (unpaired) electrons. The first-order chi connectivity index (χ1) is 16.9. The van der Waals surface area contributed by atoms with Crippen molar-refractivity contribution in [1.29, 1.82) is 5.26 Å². The smallest absolute Gasteiger partial charge is 0.337 e. The number of piperazine rings is 1. The second kappa shape index (κ2) is 9.04. The van der Waals surface area contributed by atoms with Crippen LogP contribution in [0.15, 0.2) is 41.3 Å². The van der Waals surface area contributed by atoms with Crippen LogP contribution in [0.1, 0.15) is 52.9 Å². The van der Waals surface area contributed by atoms with E-state index in [2.05, 4.69) is 16.3 Å². The van der Waals surface area contributed by atoms with Gasteiger partial charge in [0.05, 0.1) is 11.6 Å². The Morgan fingerprint density at radius 1 is 1.23 bits per heavy atom. The quantitative estimate of drug-likeness (QED) is 0.563. The van der Waals surface area contributed by atoms with Crippen LogP contribution in [0.25, 0.3) is 5.65 Å². The average Bonchev–Trinajstić information content (AvgIpc) is 3.70. The molecule has 2 N–H and O–H groups in total. The second-order valence-electron chi connectivity index (χ2n) is 9.36. The number of hydrogen-bond acceptors (Lipinski definition) is 7. The molecule has 2 fully saturated rings. The zero-order valence-electron chi connectivity index (χ0n) is 19.9. The first-order valence-corrected chi connectivity index (χ1v) is 11.9. The molecule has 9 nitrogen and oxygen atoms in total. The van der Waals surface area contributed by atoms with Gasteiger partial charge in [-0.15, -0.1) is 0 Å². The number of pyridine rings is 1. The van der Waals surface area contributed by atoms with Gasteiger partial charge in [0, 0.05) is 49.7 Å². The molecule has 0 bridgehead atoms. The number of fused-ring (bicyclic) bond motifs is 1. The van der Waals surface area contributed by atoms with Gasteiger partial charge >= 0.3 is 5.97 Å². The molecule has 35 heavy (non-hydrogen) atoms. The lowest BCUT2D eigenvalue weighted by atomic mass is 10.1. The SMILES string of the molecule is Cc1cc([C@@H](C)Nc2ccccc2C(=O)O)c2nc(N3CCN(C4CC4)CC3)c(C#N)c(=O)n2c1. The Balaban J connectivity index is 1.56. The summed E-state index contributed by atoms with van der Waals surface area (Å²) in [5, 5.41) is 22.7. The summed E-state index contributed by atoms with van der Waals surface area (Å²) >= 11 is 0. The van der Waals surface area contributed by atoms with Crippen LogP contribution in [-0.4, -0.2) is 57.6 Å². The van der Waals surface area contributed by atoms with E-state index in [4.69, 9.17) is 4.98 Å². The molecule has 1 saturated carbocycles. The molecular weight excluding hydrogens is 444 g/mol. The van der Waals surface area contributed by atoms with Crippen molar-refractivity contribution in [1.82, 2.24) is 14.3 Å². The van der Waals surface area contributed by atoms with Gasteiger partial charge < -0.3 is 15.3 Å². The predicted molar refractivity (Wildman–Crippen MR) is 133 cm³/mol. The number of benzene rings is 1. The normalized spacial score (nSPS) is 17.2. The van der Waals surface area contributed by atoms with Gasteiger partial charge in [0.1, 0.15) is 11.7 Å². The lowest BCUT2D eigenvalue weighted by molar-refractivity contribution is 0.0698. The molecule has 2 aliphatic rings. The minimum Gasteiger partial charge on any atom is -0.478 e. The fourth-order valence-corrected chi connectivity index (χ4v) is 4.89. The molecule has 3 aromatic rings. The molecule has 180 valence electrons. The topological polar surface area (TPSA) is 114 Å². The van der Waals surface area contributed by atoms with E-state index in [-0.39, 0.29) is 22.7 Å². The van der Waals surface area contributed by atoms with Crippen LogP contribution in [0.2, 0.25) is 0 Å². The summed E-state index contributed by atoms with van der Waals surface area (Å²) in [6.07, 6.45) is 4.19.